The van der Waals surface area contributed by atoms with E-state index in [9.17, 15) is 15.0 Å². The Morgan fingerprint density at radius 3 is 2.68 bits per heavy atom. The summed E-state index contributed by atoms with van der Waals surface area (Å²) in [6.45, 7) is -0.294. The van der Waals surface area contributed by atoms with E-state index in [1.54, 1.807) is 6.20 Å². The number of aliphatic hydroxyl groups is 1. The molecular formula is C22H17N5O3S. The normalized spacial score (nSPS) is 11.6. The van der Waals surface area contributed by atoms with Crippen LogP contribution in [0.4, 0.5) is 9.93 Å². The molecule has 2 amide bonds. The molecule has 4 N–H and O–H groups in total. The maximum absolute atomic E-state index is 12.2. The summed E-state index contributed by atoms with van der Waals surface area (Å²) in [5, 5.41) is 34.9. The second-order valence-corrected chi connectivity index (χ2v) is 7.53. The molecule has 1 atom stereocenters. The van der Waals surface area contributed by atoms with Gasteiger partial charge in [0, 0.05) is 6.20 Å². The predicted octanol–water partition coefficient (Wildman–Crippen LogP) is 3.30. The average Bonchev–Trinajstić information content (AvgIpc) is 3.25. The molecule has 2 aromatic carbocycles. The molecule has 9 heteroatoms. The number of aliphatic hydroxyl groups excluding tert-OH is 1. The highest BCUT2D eigenvalue weighted by atomic mass is 32.1. The van der Waals surface area contributed by atoms with Crippen LogP contribution in [0.3, 0.4) is 0 Å². The van der Waals surface area contributed by atoms with Gasteiger partial charge in [0.05, 0.1) is 18.0 Å². The first-order chi connectivity index (χ1) is 15.1. The maximum Gasteiger partial charge on any atom is 0.321 e. The minimum Gasteiger partial charge on any atom is -0.493 e. The van der Waals surface area contributed by atoms with E-state index < -0.39 is 12.1 Å². The minimum absolute atomic E-state index is 0.0339. The number of fused-ring (bicyclic) bond motifs is 1. The van der Waals surface area contributed by atoms with Gasteiger partial charge in [0.2, 0.25) is 11.0 Å². The van der Waals surface area contributed by atoms with E-state index in [0.29, 0.717) is 16.0 Å². The van der Waals surface area contributed by atoms with Gasteiger partial charge in [-0.15, -0.1) is 16.6 Å². The second-order valence-electron chi connectivity index (χ2n) is 6.55. The van der Waals surface area contributed by atoms with Crippen LogP contribution in [0.5, 0.6) is 5.88 Å². The van der Waals surface area contributed by atoms with Gasteiger partial charge >= 0.3 is 6.03 Å². The molecule has 0 saturated carbocycles. The predicted molar refractivity (Wildman–Crippen MR) is 119 cm³/mol. The minimum atomic E-state index is -0.628. The number of nitrogens with one attached hydrogen (secondary N) is 2. The topological polar surface area (TPSA) is 120 Å². The maximum atomic E-state index is 12.2. The van der Waals surface area contributed by atoms with Gasteiger partial charge in [-0.05, 0) is 34.1 Å². The number of nitrogens with zero attached hydrogens (tertiary/aromatic N) is 3. The first-order valence-electron chi connectivity index (χ1n) is 9.24. The molecule has 0 spiro atoms. The Morgan fingerprint density at radius 2 is 1.97 bits per heavy atom. The third kappa shape index (κ3) is 4.30. The van der Waals surface area contributed by atoms with E-state index in [-0.39, 0.29) is 17.6 Å². The van der Waals surface area contributed by atoms with E-state index >= 15 is 0 Å². The van der Waals surface area contributed by atoms with Gasteiger partial charge in [0.15, 0.2) is 5.01 Å². The van der Waals surface area contributed by atoms with Crippen LogP contribution in [-0.2, 0) is 0 Å². The monoisotopic (exact) mass is 431 g/mol. The van der Waals surface area contributed by atoms with Gasteiger partial charge in [0.1, 0.15) is 0 Å². The zero-order valence-electron chi connectivity index (χ0n) is 16.1. The molecule has 8 nitrogen and oxygen atoms in total. The van der Waals surface area contributed by atoms with Crippen LogP contribution in [0.15, 0.2) is 54.7 Å². The number of aromatic nitrogens is 3. The first kappa shape index (κ1) is 20.3. The van der Waals surface area contributed by atoms with Gasteiger partial charge in [-0.3, -0.25) is 5.32 Å². The van der Waals surface area contributed by atoms with Crippen LogP contribution in [0, 0.1) is 12.3 Å². The Labute approximate surface area is 181 Å². The summed E-state index contributed by atoms with van der Waals surface area (Å²) >= 11 is 1.07. The van der Waals surface area contributed by atoms with Gasteiger partial charge in [-0.25, -0.2) is 9.78 Å². The SMILES string of the molecule is C#Cc1nnc(NC(=O)NC(CO)c2ccc(-c3cccc4ccnc(O)c34)cc2)s1. The van der Waals surface area contributed by atoms with E-state index in [4.69, 9.17) is 6.42 Å². The number of hydrogen-bond acceptors (Lipinski definition) is 7. The van der Waals surface area contributed by atoms with Crippen molar-refractivity contribution in [2.45, 2.75) is 6.04 Å². The smallest absolute Gasteiger partial charge is 0.321 e. The van der Waals surface area contributed by atoms with Crippen LogP contribution in [-0.4, -0.2) is 38.0 Å². The molecule has 4 rings (SSSR count). The number of terminal acetylenes is 1. The number of carbonyl (C=O) groups excluding carboxylic acids is 1. The van der Waals surface area contributed by atoms with Crippen molar-refractivity contribution in [2.75, 3.05) is 11.9 Å². The molecule has 154 valence electrons. The van der Waals surface area contributed by atoms with Crippen LogP contribution in [0.1, 0.15) is 16.6 Å². The number of anilines is 1. The number of pyridine rings is 1. The summed E-state index contributed by atoms with van der Waals surface area (Å²) in [5.41, 5.74) is 2.42. The summed E-state index contributed by atoms with van der Waals surface area (Å²) in [4.78, 5) is 16.2. The van der Waals surface area contributed by atoms with Crippen LogP contribution in [0.2, 0.25) is 0 Å². The Hall–Kier alpha value is -4.00. The standard InChI is InChI=1S/C22H17N5O3S/c1-2-18-26-27-22(31-18)25-21(30)24-17(12-28)14-8-6-13(7-9-14)16-5-3-4-15-10-11-23-20(29)19(15)16/h1,3-11,17,28H,12H2,(H,23,29)(H2,24,25,27,30). The molecule has 0 radical (unpaired) electrons. The fourth-order valence-corrected chi connectivity index (χ4v) is 3.75. The third-order valence-electron chi connectivity index (χ3n) is 4.65. The molecule has 0 aliphatic heterocycles. The Kier molecular flexibility index (Phi) is 5.75. The molecular weight excluding hydrogens is 414 g/mol. The van der Waals surface area contributed by atoms with Crippen molar-refractivity contribution < 1.29 is 15.0 Å². The largest absolute Gasteiger partial charge is 0.493 e. The van der Waals surface area contributed by atoms with E-state index in [2.05, 4.69) is 31.7 Å². The van der Waals surface area contributed by atoms with Gasteiger partial charge in [-0.2, -0.15) is 0 Å². The van der Waals surface area contributed by atoms with Gasteiger partial charge < -0.3 is 15.5 Å². The lowest BCUT2D eigenvalue weighted by atomic mass is 9.97. The van der Waals surface area contributed by atoms with Crippen LogP contribution in [0.25, 0.3) is 21.9 Å². The number of hydrogen-bond donors (Lipinski definition) is 4. The van der Waals surface area contributed by atoms with Crippen molar-refractivity contribution in [3.8, 4) is 29.4 Å². The fraction of sp³-hybridized carbons (Fsp3) is 0.0909. The molecule has 0 fully saturated rings. The molecule has 0 bridgehead atoms. The lowest BCUT2D eigenvalue weighted by Gasteiger charge is -2.17. The lowest BCUT2D eigenvalue weighted by Crippen LogP contribution is -2.34. The summed E-state index contributed by atoms with van der Waals surface area (Å²) in [7, 11) is 0. The Bertz CT molecular complexity index is 1280. The molecule has 2 heterocycles. The lowest BCUT2D eigenvalue weighted by molar-refractivity contribution is 0.225. The summed E-state index contributed by atoms with van der Waals surface area (Å²) in [5.74, 6) is 2.31. The van der Waals surface area contributed by atoms with Crippen molar-refractivity contribution >= 4 is 33.3 Å². The number of carbonyl (C=O) groups is 1. The molecule has 0 aliphatic rings. The number of aromatic hydroxyl groups is 1. The molecule has 0 aliphatic carbocycles. The van der Waals surface area contributed by atoms with Crippen molar-refractivity contribution in [3.63, 3.8) is 0 Å². The number of urea groups is 1. The van der Waals surface area contributed by atoms with Crippen molar-refractivity contribution in [2.24, 2.45) is 0 Å². The molecule has 1 unspecified atom stereocenters. The van der Waals surface area contributed by atoms with E-state index in [1.165, 1.54) is 0 Å². The van der Waals surface area contributed by atoms with E-state index in [0.717, 1.165) is 27.8 Å². The highest BCUT2D eigenvalue weighted by molar-refractivity contribution is 7.15. The summed E-state index contributed by atoms with van der Waals surface area (Å²) in [6.07, 6.45) is 6.80. The van der Waals surface area contributed by atoms with Gasteiger partial charge in [-0.1, -0.05) is 53.8 Å². The highest BCUT2D eigenvalue weighted by Gasteiger charge is 2.16. The first-order valence-corrected chi connectivity index (χ1v) is 10.1. The molecule has 4 aromatic rings. The van der Waals surface area contributed by atoms with Crippen molar-refractivity contribution in [1.29, 1.82) is 0 Å². The second kappa shape index (κ2) is 8.79. The number of benzene rings is 2. The van der Waals surface area contributed by atoms with Crippen LogP contribution < -0.4 is 10.6 Å². The Balaban J connectivity index is 1.53. The summed E-state index contributed by atoms with van der Waals surface area (Å²) < 4.78 is 0. The average molecular weight is 431 g/mol. The van der Waals surface area contributed by atoms with Crippen LogP contribution >= 0.6 is 11.3 Å². The molecule has 0 saturated heterocycles. The highest BCUT2D eigenvalue weighted by Crippen LogP contribution is 2.33. The zero-order chi connectivity index (χ0) is 21.8. The third-order valence-corrected chi connectivity index (χ3v) is 5.42. The summed E-state index contributed by atoms with van der Waals surface area (Å²) in [6, 6.07) is 13.7. The van der Waals surface area contributed by atoms with E-state index in [1.807, 2.05) is 48.5 Å². The fourth-order valence-electron chi connectivity index (χ4n) is 3.20. The molecule has 31 heavy (non-hydrogen) atoms. The Morgan fingerprint density at radius 1 is 1.16 bits per heavy atom. The number of rotatable bonds is 5. The molecule has 2 aromatic heterocycles. The zero-order valence-corrected chi connectivity index (χ0v) is 16.9. The quantitative estimate of drug-likeness (QED) is 0.360. The number of amides is 2. The van der Waals surface area contributed by atoms with Crippen molar-refractivity contribution in [3.05, 3.63) is 65.3 Å². The van der Waals surface area contributed by atoms with Gasteiger partial charge in [0.25, 0.3) is 0 Å². The van der Waals surface area contributed by atoms with Crippen molar-refractivity contribution in [1.82, 2.24) is 20.5 Å².